The molecular formula is C20H23NO3S. The molecule has 5 heteroatoms. The molecule has 1 atom stereocenters. The van der Waals surface area contributed by atoms with E-state index in [2.05, 4.69) is 12.1 Å². The molecule has 1 fully saturated rings. The van der Waals surface area contributed by atoms with E-state index < -0.39 is 0 Å². The molecule has 0 spiro atoms. The van der Waals surface area contributed by atoms with Gasteiger partial charge in [0.15, 0.2) is 5.78 Å². The van der Waals surface area contributed by atoms with E-state index in [9.17, 15) is 9.59 Å². The Morgan fingerprint density at radius 2 is 1.92 bits per heavy atom. The Balaban J connectivity index is 1.52. The first-order chi connectivity index (χ1) is 12.0. The van der Waals surface area contributed by atoms with Crippen molar-refractivity contribution >= 4 is 23.0 Å². The number of aliphatic hydroxyl groups is 1. The van der Waals surface area contributed by atoms with E-state index in [1.54, 1.807) is 6.92 Å². The number of Topliss-reactive ketones (excluding diaryl/α,β-unsaturated/α-hetero) is 1. The van der Waals surface area contributed by atoms with Crippen LogP contribution in [-0.4, -0.2) is 34.8 Å². The second kappa shape index (κ2) is 7.93. The van der Waals surface area contributed by atoms with Crippen LogP contribution >= 0.6 is 11.3 Å². The summed E-state index contributed by atoms with van der Waals surface area (Å²) in [5.41, 5.74) is 3.11. The molecule has 2 aromatic rings. The minimum atomic E-state index is 0.0529. The standard InChI is InChI=1S/C20H23NO3S/c1-14(23)19-9-18(13-25-19)10-20(24)21-7-6-17(11-21)8-15-2-4-16(12-22)5-3-15/h2-5,9,13,17,22H,6-8,10-12H2,1H3/t17-/m1/s1. The van der Waals surface area contributed by atoms with Crippen molar-refractivity contribution in [3.05, 3.63) is 57.3 Å². The van der Waals surface area contributed by atoms with Crippen molar-refractivity contribution in [3.63, 3.8) is 0 Å². The van der Waals surface area contributed by atoms with E-state index in [1.807, 2.05) is 28.5 Å². The molecule has 1 aliphatic heterocycles. The fourth-order valence-electron chi connectivity index (χ4n) is 3.28. The average Bonchev–Trinajstić information content (AvgIpc) is 3.25. The summed E-state index contributed by atoms with van der Waals surface area (Å²) in [4.78, 5) is 26.5. The van der Waals surface area contributed by atoms with Gasteiger partial charge in [0.25, 0.3) is 0 Å². The Bertz CT molecular complexity index is 751. The number of benzene rings is 1. The first-order valence-corrected chi connectivity index (χ1v) is 9.48. The number of likely N-dealkylation sites (tertiary alicyclic amines) is 1. The summed E-state index contributed by atoms with van der Waals surface area (Å²) in [5.74, 6) is 0.683. The Kier molecular flexibility index (Phi) is 5.66. The lowest BCUT2D eigenvalue weighted by Crippen LogP contribution is -2.30. The van der Waals surface area contributed by atoms with Crippen molar-refractivity contribution in [3.8, 4) is 0 Å². The highest BCUT2D eigenvalue weighted by Gasteiger charge is 2.26. The molecule has 25 heavy (non-hydrogen) atoms. The molecule has 132 valence electrons. The number of amides is 1. The van der Waals surface area contributed by atoms with Gasteiger partial charge >= 0.3 is 0 Å². The molecule has 3 rings (SSSR count). The van der Waals surface area contributed by atoms with Gasteiger partial charge in [-0.3, -0.25) is 9.59 Å². The van der Waals surface area contributed by atoms with Crippen LogP contribution in [0.3, 0.4) is 0 Å². The van der Waals surface area contributed by atoms with Crippen molar-refractivity contribution in [1.29, 1.82) is 0 Å². The fourth-order valence-corrected chi connectivity index (χ4v) is 4.09. The van der Waals surface area contributed by atoms with Crippen LogP contribution in [0.1, 0.15) is 39.7 Å². The molecule has 1 amide bonds. The molecular weight excluding hydrogens is 334 g/mol. The van der Waals surface area contributed by atoms with Gasteiger partial charge in [0.05, 0.1) is 17.9 Å². The molecule has 0 saturated carbocycles. The number of hydrogen-bond donors (Lipinski definition) is 1. The summed E-state index contributed by atoms with van der Waals surface area (Å²) in [6.45, 7) is 3.22. The number of thiophene rings is 1. The zero-order valence-corrected chi connectivity index (χ0v) is 15.2. The second-order valence-corrected chi connectivity index (χ2v) is 7.64. The molecule has 1 aromatic carbocycles. The maximum Gasteiger partial charge on any atom is 0.227 e. The Hall–Kier alpha value is -1.98. The van der Waals surface area contributed by atoms with Crippen LogP contribution in [0.4, 0.5) is 0 Å². The number of rotatable bonds is 6. The van der Waals surface area contributed by atoms with Crippen molar-refractivity contribution in [2.24, 2.45) is 5.92 Å². The van der Waals surface area contributed by atoms with Crippen LogP contribution in [0, 0.1) is 5.92 Å². The summed E-state index contributed by atoms with van der Waals surface area (Å²) in [6, 6.07) is 9.86. The first-order valence-electron chi connectivity index (χ1n) is 8.60. The second-order valence-electron chi connectivity index (χ2n) is 6.73. The molecule has 1 aliphatic rings. The maximum atomic E-state index is 12.5. The summed E-state index contributed by atoms with van der Waals surface area (Å²) < 4.78 is 0. The van der Waals surface area contributed by atoms with Gasteiger partial charge in [-0.2, -0.15) is 0 Å². The molecule has 2 heterocycles. The molecule has 0 radical (unpaired) electrons. The van der Waals surface area contributed by atoms with Gasteiger partial charge in [-0.1, -0.05) is 24.3 Å². The number of carbonyl (C=O) groups excluding carboxylic acids is 2. The van der Waals surface area contributed by atoms with Crippen LogP contribution in [0.2, 0.25) is 0 Å². The smallest absolute Gasteiger partial charge is 0.227 e. The van der Waals surface area contributed by atoms with Crippen LogP contribution in [0.15, 0.2) is 35.7 Å². The third-order valence-electron chi connectivity index (χ3n) is 4.72. The third-order valence-corrected chi connectivity index (χ3v) is 5.80. The molecule has 0 bridgehead atoms. The van der Waals surface area contributed by atoms with Gasteiger partial charge < -0.3 is 10.0 Å². The monoisotopic (exact) mass is 357 g/mol. The van der Waals surface area contributed by atoms with E-state index in [1.165, 1.54) is 16.9 Å². The quantitative estimate of drug-likeness (QED) is 0.809. The largest absolute Gasteiger partial charge is 0.392 e. The van der Waals surface area contributed by atoms with Gasteiger partial charge in [0.1, 0.15) is 0 Å². The van der Waals surface area contributed by atoms with Gasteiger partial charge in [-0.05, 0) is 53.8 Å². The topological polar surface area (TPSA) is 57.6 Å². The highest BCUT2D eigenvalue weighted by molar-refractivity contribution is 7.12. The van der Waals surface area contributed by atoms with Gasteiger partial charge in [-0.15, -0.1) is 11.3 Å². The van der Waals surface area contributed by atoms with Crippen LogP contribution in [0.5, 0.6) is 0 Å². The van der Waals surface area contributed by atoms with E-state index >= 15 is 0 Å². The maximum absolute atomic E-state index is 12.5. The van der Waals surface area contributed by atoms with Gasteiger partial charge in [-0.25, -0.2) is 0 Å². The lowest BCUT2D eigenvalue weighted by molar-refractivity contribution is -0.129. The highest BCUT2D eigenvalue weighted by atomic mass is 32.1. The van der Waals surface area contributed by atoms with Gasteiger partial charge in [0, 0.05) is 13.1 Å². The molecule has 1 N–H and O–H groups in total. The molecule has 1 aromatic heterocycles. The summed E-state index contributed by atoms with van der Waals surface area (Å²) in [7, 11) is 0. The van der Waals surface area contributed by atoms with Crippen LogP contribution in [-0.2, 0) is 24.2 Å². The SMILES string of the molecule is CC(=O)c1cc(CC(=O)N2CC[C@H](Cc3ccc(CO)cc3)C2)cs1. The Morgan fingerprint density at radius 3 is 2.56 bits per heavy atom. The van der Waals surface area contributed by atoms with E-state index in [4.69, 9.17) is 5.11 Å². The van der Waals surface area contributed by atoms with E-state index in [0.29, 0.717) is 17.2 Å². The van der Waals surface area contributed by atoms with Crippen molar-refractivity contribution in [1.82, 2.24) is 4.90 Å². The normalized spacial score (nSPS) is 17.0. The zero-order valence-electron chi connectivity index (χ0n) is 14.4. The first kappa shape index (κ1) is 17.8. The van der Waals surface area contributed by atoms with E-state index in [-0.39, 0.29) is 18.3 Å². The Labute approximate surface area is 152 Å². The van der Waals surface area contributed by atoms with Gasteiger partial charge in [0.2, 0.25) is 5.91 Å². The molecule has 4 nitrogen and oxygen atoms in total. The third kappa shape index (κ3) is 4.55. The number of ketones is 1. The van der Waals surface area contributed by atoms with Crippen molar-refractivity contribution < 1.29 is 14.7 Å². The molecule has 0 aliphatic carbocycles. The number of aliphatic hydroxyl groups excluding tert-OH is 1. The Morgan fingerprint density at radius 1 is 1.20 bits per heavy atom. The predicted molar refractivity (Wildman–Crippen MR) is 98.8 cm³/mol. The lowest BCUT2D eigenvalue weighted by atomic mass is 9.98. The number of hydrogen-bond acceptors (Lipinski definition) is 4. The van der Waals surface area contributed by atoms with Crippen LogP contribution < -0.4 is 0 Å². The highest BCUT2D eigenvalue weighted by Crippen LogP contribution is 2.23. The number of carbonyl (C=O) groups is 2. The van der Waals surface area contributed by atoms with Crippen LogP contribution in [0.25, 0.3) is 0 Å². The fraction of sp³-hybridized carbons (Fsp3) is 0.400. The van der Waals surface area contributed by atoms with Crippen molar-refractivity contribution in [2.75, 3.05) is 13.1 Å². The average molecular weight is 357 g/mol. The summed E-state index contributed by atoms with van der Waals surface area (Å²) in [6.07, 6.45) is 2.36. The minimum Gasteiger partial charge on any atom is -0.392 e. The van der Waals surface area contributed by atoms with E-state index in [0.717, 1.165) is 37.1 Å². The molecule has 0 unspecified atom stereocenters. The molecule has 1 saturated heterocycles. The summed E-state index contributed by atoms with van der Waals surface area (Å²) >= 11 is 1.41. The zero-order chi connectivity index (χ0) is 17.8. The summed E-state index contributed by atoms with van der Waals surface area (Å²) in [5, 5.41) is 11.0. The number of nitrogens with zero attached hydrogens (tertiary/aromatic N) is 1. The minimum absolute atomic E-state index is 0.0529. The lowest BCUT2D eigenvalue weighted by Gasteiger charge is -2.16. The van der Waals surface area contributed by atoms with Crippen molar-refractivity contribution in [2.45, 2.75) is 32.8 Å². The predicted octanol–water partition coefficient (Wildman–Crippen LogP) is 3.08.